The molecular formula is C24H29FN5OP. The second-order valence-corrected chi connectivity index (χ2v) is 10.3. The lowest BCUT2D eigenvalue weighted by molar-refractivity contribution is -0.123. The zero-order valence-corrected chi connectivity index (χ0v) is 19.6. The van der Waals surface area contributed by atoms with Gasteiger partial charge in [-0.25, -0.2) is 4.52 Å². The molecule has 5 rings (SSSR count). The summed E-state index contributed by atoms with van der Waals surface area (Å²) in [5.41, 5.74) is 4.94. The van der Waals surface area contributed by atoms with Gasteiger partial charge in [0, 0.05) is 24.1 Å². The molecular weight excluding hydrogens is 424 g/mol. The van der Waals surface area contributed by atoms with Gasteiger partial charge in [-0.15, -0.1) is 0 Å². The van der Waals surface area contributed by atoms with Crippen LogP contribution in [0, 0.1) is 19.8 Å². The molecule has 0 aromatic carbocycles. The standard InChI is InChI=1S/C24H29FN5OP/c1-16-14-30-21(17(2)26-16)12-20(27-30)22-13-23(31)29-15-19(4-5-24(29)32-22)18-6-10-28(11-7-18)9-3-8-25/h4-5,12-15,18,24,32H,3,6-11H2,1-2H3. The fourth-order valence-corrected chi connectivity index (χ4v) is 6.21. The number of aryl methyl sites for hydroxylation is 2. The highest BCUT2D eigenvalue weighted by atomic mass is 31.1. The van der Waals surface area contributed by atoms with Crippen LogP contribution >= 0.6 is 8.58 Å². The molecule has 168 valence electrons. The summed E-state index contributed by atoms with van der Waals surface area (Å²) in [5, 5.41) is 5.72. The fourth-order valence-electron chi connectivity index (χ4n) is 4.88. The summed E-state index contributed by atoms with van der Waals surface area (Å²) < 4.78 is 14.3. The Hall–Kier alpha value is -2.37. The van der Waals surface area contributed by atoms with E-state index >= 15 is 0 Å². The van der Waals surface area contributed by atoms with Gasteiger partial charge in [0.15, 0.2) is 0 Å². The maximum Gasteiger partial charge on any atom is 0.252 e. The van der Waals surface area contributed by atoms with Crippen LogP contribution in [0.1, 0.15) is 36.3 Å². The first-order chi connectivity index (χ1) is 15.5. The van der Waals surface area contributed by atoms with Crippen LogP contribution in [-0.2, 0) is 4.79 Å². The quantitative estimate of drug-likeness (QED) is 0.641. The van der Waals surface area contributed by atoms with Crippen LogP contribution in [0.5, 0.6) is 0 Å². The van der Waals surface area contributed by atoms with E-state index in [1.165, 1.54) is 5.57 Å². The van der Waals surface area contributed by atoms with Gasteiger partial charge in [0.05, 0.1) is 41.3 Å². The van der Waals surface area contributed by atoms with E-state index in [1.54, 1.807) is 6.08 Å². The molecule has 2 aromatic heterocycles. The number of piperidine rings is 1. The van der Waals surface area contributed by atoms with Gasteiger partial charge >= 0.3 is 0 Å². The summed E-state index contributed by atoms with van der Waals surface area (Å²) in [6.07, 6.45) is 12.9. The zero-order valence-electron chi connectivity index (χ0n) is 18.6. The average Bonchev–Trinajstić information content (AvgIpc) is 3.22. The predicted octanol–water partition coefficient (Wildman–Crippen LogP) is 4.06. The Bertz CT molecular complexity index is 1130. The van der Waals surface area contributed by atoms with E-state index in [1.807, 2.05) is 35.5 Å². The number of allylic oxidation sites excluding steroid dienone is 2. The molecule has 2 aromatic rings. The van der Waals surface area contributed by atoms with Crippen molar-refractivity contribution >= 4 is 25.3 Å². The molecule has 1 saturated heterocycles. The Morgan fingerprint density at radius 2 is 2.06 bits per heavy atom. The lowest BCUT2D eigenvalue weighted by Crippen LogP contribution is -2.38. The molecule has 2 atom stereocenters. The van der Waals surface area contributed by atoms with Gasteiger partial charge in [-0.1, -0.05) is 20.7 Å². The van der Waals surface area contributed by atoms with Crippen LogP contribution < -0.4 is 0 Å². The molecule has 0 aliphatic carbocycles. The normalized spacial score (nSPS) is 23.0. The first kappa shape index (κ1) is 21.5. The van der Waals surface area contributed by atoms with Crippen LogP contribution in [0.15, 0.2) is 42.3 Å². The van der Waals surface area contributed by atoms with Crippen molar-refractivity contribution in [2.45, 2.75) is 38.9 Å². The van der Waals surface area contributed by atoms with Crippen molar-refractivity contribution in [3.8, 4) is 0 Å². The molecule has 3 aliphatic rings. The monoisotopic (exact) mass is 453 g/mol. The predicted molar refractivity (Wildman–Crippen MR) is 126 cm³/mol. The highest BCUT2D eigenvalue weighted by molar-refractivity contribution is 7.51. The number of likely N-dealkylation sites (tertiary alicyclic amines) is 1. The molecule has 0 spiro atoms. The molecule has 2 unspecified atom stereocenters. The number of nitrogens with zero attached hydrogens (tertiary/aromatic N) is 5. The molecule has 0 radical (unpaired) electrons. The number of aromatic nitrogens is 3. The summed E-state index contributed by atoms with van der Waals surface area (Å²) in [6, 6.07) is 2.04. The second-order valence-electron chi connectivity index (χ2n) is 8.87. The number of rotatable bonds is 5. The molecule has 32 heavy (non-hydrogen) atoms. The Morgan fingerprint density at radius 1 is 1.25 bits per heavy atom. The van der Waals surface area contributed by atoms with E-state index in [0.717, 1.165) is 60.4 Å². The van der Waals surface area contributed by atoms with E-state index in [-0.39, 0.29) is 18.4 Å². The minimum atomic E-state index is -0.242. The minimum Gasteiger partial charge on any atom is -0.304 e. The minimum absolute atomic E-state index is 0.0223. The number of halogens is 1. The van der Waals surface area contributed by atoms with Gasteiger partial charge in [0.25, 0.3) is 5.91 Å². The summed E-state index contributed by atoms with van der Waals surface area (Å²) in [7, 11) is 0.454. The lowest BCUT2D eigenvalue weighted by atomic mass is 9.88. The van der Waals surface area contributed by atoms with Gasteiger partial charge in [0.2, 0.25) is 0 Å². The number of carbonyl (C=O) groups excluding carboxylic acids is 1. The van der Waals surface area contributed by atoms with Crippen molar-refractivity contribution in [3.05, 3.63) is 59.3 Å². The van der Waals surface area contributed by atoms with Crippen LogP contribution in [-0.4, -0.2) is 62.4 Å². The van der Waals surface area contributed by atoms with Gasteiger partial charge in [-0.3, -0.25) is 14.2 Å². The van der Waals surface area contributed by atoms with E-state index in [4.69, 9.17) is 5.10 Å². The number of amides is 1. The van der Waals surface area contributed by atoms with Crippen LogP contribution in [0.25, 0.3) is 10.8 Å². The molecule has 5 heterocycles. The molecule has 1 amide bonds. The average molecular weight is 454 g/mol. The van der Waals surface area contributed by atoms with Gasteiger partial charge in [0.1, 0.15) is 0 Å². The largest absolute Gasteiger partial charge is 0.304 e. The van der Waals surface area contributed by atoms with Crippen LogP contribution in [0.2, 0.25) is 0 Å². The van der Waals surface area contributed by atoms with Crippen molar-refractivity contribution in [1.82, 2.24) is 24.4 Å². The number of hydrogen-bond donors (Lipinski definition) is 0. The fraction of sp³-hybridized carbons (Fsp3) is 0.458. The van der Waals surface area contributed by atoms with E-state index in [9.17, 15) is 9.18 Å². The maximum atomic E-state index is 13.0. The van der Waals surface area contributed by atoms with Gasteiger partial charge in [-0.2, -0.15) is 5.10 Å². The summed E-state index contributed by atoms with van der Waals surface area (Å²) in [5.74, 6) is 0.545. The van der Waals surface area contributed by atoms with Crippen molar-refractivity contribution in [2.75, 3.05) is 26.3 Å². The third-order valence-electron chi connectivity index (χ3n) is 6.59. The Morgan fingerprint density at radius 3 is 2.84 bits per heavy atom. The first-order valence-electron chi connectivity index (χ1n) is 11.3. The van der Waals surface area contributed by atoms with E-state index in [2.05, 4.69) is 28.2 Å². The molecule has 0 N–H and O–H groups in total. The lowest BCUT2D eigenvalue weighted by Gasteiger charge is -2.37. The maximum absolute atomic E-state index is 13.0. The van der Waals surface area contributed by atoms with E-state index < -0.39 is 0 Å². The SMILES string of the molecule is Cc1cn2nc(C3=CC(=O)N4C=C(C5CCN(CCCF)CC5)C=CC4P3)cc2c(C)n1. The molecule has 3 aliphatic heterocycles. The van der Waals surface area contributed by atoms with Gasteiger partial charge in [-0.05, 0) is 63.8 Å². The molecule has 1 fully saturated rings. The number of alkyl halides is 1. The highest BCUT2D eigenvalue weighted by Crippen LogP contribution is 2.45. The van der Waals surface area contributed by atoms with Gasteiger partial charge < -0.3 is 9.80 Å². The summed E-state index contributed by atoms with van der Waals surface area (Å²) >= 11 is 0. The zero-order chi connectivity index (χ0) is 22.2. The number of hydrogen-bond acceptors (Lipinski definition) is 4. The molecule has 0 bridgehead atoms. The second kappa shape index (κ2) is 8.87. The van der Waals surface area contributed by atoms with Crippen molar-refractivity contribution in [1.29, 1.82) is 0 Å². The van der Waals surface area contributed by atoms with Crippen molar-refractivity contribution in [2.24, 2.45) is 5.92 Å². The highest BCUT2D eigenvalue weighted by Gasteiger charge is 2.31. The first-order valence-corrected chi connectivity index (χ1v) is 12.4. The third kappa shape index (κ3) is 4.16. The summed E-state index contributed by atoms with van der Waals surface area (Å²) in [4.78, 5) is 21.8. The Labute approximate surface area is 189 Å². The topological polar surface area (TPSA) is 53.7 Å². The molecule has 0 saturated carbocycles. The Kier molecular flexibility index (Phi) is 5.95. The number of fused-ring (bicyclic) bond motifs is 2. The molecule has 6 nitrogen and oxygen atoms in total. The van der Waals surface area contributed by atoms with Crippen LogP contribution in [0.4, 0.5) is 4.39 Å². The van der Waals surface area contributed by atoms with E-state index in [0.29, 0.717) is 20.9 Å². The van der Waals surface area contributed by atoms with Crippen molar-refractivity contribution in [3.63, 3.8) is 0 Å². The summed E-state index contributed by atoms with van der Waals surface area (Å²) in [6.45, 7) is 6.55. The van der Waals surface area contributed by atoms with Crippen LogP contribution in [0.3, 0.4) is 0 Å². The van der Waals surface area contributed by atoms with Crippen molar-refractivity contribution < 1.29 is 9.18 Å². The number of carbonyl (C=O) groups is 1. The Balaban J connectivity index is 1.32. The third-order valence-corrected chi connectivity index (χ3v) is 8.06. The smallest absolute Gasteiger partial charge is 0.252 e. The molecule has 8 heteroatoms.